The molecule has 12 heteroatoms. The molecule has 1 unspecified atom stereocenters. The lowest BCUT2D eigenvalue weighted by molar-refractivity contribution is 0.481. The van der Waals surface area contributed by atoms with Gasteiger partial charge in [0.1, 0.15) is 23.6 Å². The van der Waals surface area contributed by atoms with E-state index in [9.17, 15) is 0 Å². The normalized spacial score (nSPS) is 14.1. The van der Waals surface area contributed by atoms with Gasteiger partial charge in [-0.1, -0.05) is 55.4 Å². The first-order valence-corrected chi connectivity index (χ1v) is 14.8. The lowest BCUT2D eigenvalue weighted by Crippen LogP contribution is -2.38. The molecular weight excluding hydrogens is 586 g/mol. The number of aromatic nitrogens is 8. The number of piperidine rings is 1. The van der Waals surface area contributed by atoms with Crippen molar-refractivity contribution in [3.05, 3.63) is 115 Å². The van der Waals surface area contributed by atoms with Crippen LogP contribution in [0.1, 0.15) is 33.6 Å². The third-order valence-electron chi connectivity index (χ3n) is 7.11. The molecule has 1 aliphatic heterocycles. The highest BCUT2D eigenvalue weighted by Gasteiger charge is 2.20. The van der Waals surface area contributed by atoms with Crippen LogP contribution in [0.4, 0.5) is 29.1 Å². The Morgan fingerprint density at radius 3 is 1.80 bits per heavy atom. The number of nitrogens with one attached hydrogen (secondary N) is 2. The molecule has 0 spiro atoms. The number of nitrogens with zero attached hydrogens (tertiary/aromatic N) is 9. The first-order chi connectivity index (χ1) is 21.6. The minimum Gasteiger partial charge on any atom is -0.354 e. The van der Waals surface area contributed by atoms with Gasteiger partial charge in [0, 0.05) is 48.5 Å². The predicted octanol–water partition coefficient (Wildman–Crippen LogP) is 7.48. The van der Waals surface area contributed by atoms with E-state index < -0.39 is 0 Å². The third-order valence-corrected chi connectivity index (χ3v) is 7.32. The summed E-state index contributed by atoms with van der Waals surface area (Å²) < 4.78 is 3.42. The Balaban J connectivity index is 0.000000180. The highest BCUT2D eigenvalue weighted by molar-refractivity contribution is 6.29. The van der Waals surface area contributed by atoms with Crippen LogP contribution in [-0.4, -0.2) is 52.1 Å². The molecule has 1 fully saturated rings. The van der Waals surface area contributed by atoms with Crippen molar-refractivity contribution in [3.8, 4) is 11.4 Å². The molecular formula is C33H36ClN11. The number of anilines is 5. The zero-order chi connectivity index (χ0) is 30.1. The van der Waals surface area contributed by atoms with Crippen LogP contribution in [0.5, 0.6) is 0 Å². The van der Waals surface area contributed by atoms with Gasteiger partial charge in [-0.2, -0.15) is 9.97 Å². The fourth-order valence-electron chi connectivity index (χ4n) is 4.87. The van der Waals surface area contributed by atoms with Gasteiger partial charge in [-0.25, -0.2) is 19.3 Å². The van der Waals surface area contributed by atoms with E-state index in [2.05, 4.69) is 58.7 Å². The van der Waals surface area contributed by atoms with Gasteiger partial charge >= 0.3 is 0 Å². The van der Waals surface area contributed by atoms with Crippen LogP contribution in [0.15, 0.2) is 110 Å². The SMILES string of the molecule is C.CC1CCCCN1c1cc(-n2cnc(Nc3ccccc3)n2)ccn1.Clc1cc(-n2cnc(Nc3ccccc3)n2)ccn1. The minimum atomic E-state index is 0. The summed E-state index contributed by atoms with van der Waals surface area (Å²) in [6.07, 6.45) is 10.6. The second-order valence-corrected chi connectivity index (χ2v) is 10.6. The molecule has 0 amide bonds. The Hall–Kier alpha value is -5.29. The number of rotatable bonds is 7. The van der Waals surface area contributed by atoms with Crippen LogP contribution in [0.3, 0.4) is 0 Å². The van der Waals surface area contributed by atoms with Crippen molar-refractivity contribution in [2.45, 2.75) is 39.7 Å². The average molecular weight is 622 g/mol. The van der Waals surface area contributed by atoms with Crippen LogP contribution in [0, 0.1) is 0 Å². The maximum atomic E-state index is 5.84. The molecule has 7 rings (SSSR count). The van der Waals surface area contributed by atoms with Gasteiger partial charge in [-0.3, -0.25) is 0 Å². The van der Waals surface area contributed by atoms with Gasteiger partial charge in [-0.15, -0.1) is 10.2 Å². The van der Waals surface area contributed by atoms with Crippen molar-refractivity contribution in [3.63, 3.8) is 0 Å². The van der Waals surface area contributed by atoms with Crippen molar-refractivity contribution in [1.29, 1.82) is 0 Å². The Morgan fingerprint density at radius 2 is 1.24 bits per heavy atom. The predicted molar refractivity (Wildman–Crippen MR) is 180 cm³/mol. The lowest BCUT2D eigenvalue weighted by atomic mass is 10.0. The number of para-hydroxylation sites is 2. The van der Waals surface area contributed by atoms with E-state index in [4.69, 9.17) is 11.6 Å². The van der Waals surface area contributed by atoms with Crippen molar-refractivity contribution < 1.29 is 0 Å². The van der Waals surface area contributed by atoms with Crippen LogP contribution >= 0.6 is 11.6 Å². The zero-order valence-corrected chi connectivity index (χ0v) is 25.0. The summed E-state index contributed by atoms with van der Waals surface area (Å²) in [5, 5.41) is 15.6. The maximum absolute atomic E-state index is 5.84. The first kappa shape index (κ1) is 31.1. The molecule has 11 nitrogen and oxygen atoms in total. The molecule has 230 valence electrons. The van der Waals surface area contributed by atoms with E-state index in [-0.39, 0.29) is 7.43 Å². The van der Waals surface area contributed by atoms with Crippen molar-refractivity contribution in [2.75, 3.05) is 22.1 Å². The second-order valence-electron chi connectivity index (χ2n) is 10.3. The summed E-state index contributed by atoms with van der Waals surface area (Å²) in [5.41, 5.74) is 3.69. The third kappa shape index (κ3) is 8.21. The Kier molecular flexibility index (Phi) is 10.3. The molecule has 0 bridgehead atoms. The fourth-order valence-corrected chi connectivity index (χ4v) is 5.04. The van der Waals surface area contributed by atoms with E-state index in [1.54, 1.807) is 34.3 Å². The van der Waals surface area contributed by atoms with Crippen molar-refractivity contribution >= 4 is 40.7 Å². The molecule has 45 heavy (non-hydrogen) atoms. The van der Waals surface area contributed by atoms with E-state index >= 15 is 0 Å². The van der Waals surface area contributed by atoms with Crippen LogP contribution in [-0.2, 0) is 0 Å². The number of hydrogen-bond donors (Lipinski definition) is 2. The Morgan fingerprint density at radius 1 is 0.689 bits per heavy atom. The second kappa shape index (κ2) is 14.9. The van der Waals surface area contributed by atoms with E-state index in [0.29, 0.717) is 23.1 Å². The quantitative estimate of drug-likeness (QED) is 0.175. The maximum Gasteiger partial charge on any atom is 0.246 e. The summed E-state index contributed by atoms with van der Waals surface area (Å²) in [4.78, 5) is 19.4. The average Bonchev–Trinajstić information content (AvgIpc) is 3.73. The van der Waals surface area contributed by atoms with E-state index in [1.807, 2.05) is 79.0 Å². The molecule has 0 radical (unpaired) electrons. The largest absolute Gasteiger partial charge is 0.354 e. The molecule has 1 aliphatic rings. The summed E-state index contributed by atoms with van der Waals surface area (Å²) in [7, 11) is 0. The highest BCUT2D eigenvalue weighted by Crippen LogP contribution is 2.24. The molecule has 1 saturated heterocycles. The lowest BCUT2D eigenvalue weighted by Gasteiger charge is -2.34. The Labute approximate surface area is 268 Å². The molecule has 4 aromatic heterocycles. The van der Waals surface area contributed by atoms with E-state index in [1.165, 1.54) is 19.3 Å². The topological polar surface area (TPSA) is 114 Å². The Bertz CT molecular complexity index is 1770. The number of hydrogen-bond acceptors (Lipinski definition) is 9. The summed E-state index contributed by atoms with van der Waals surface area (Å²) in [5.74, 6) is 2.12. The first-order valence-electron chi connectivity index (χ1n) is 14.4. The highest BCUT2D eigenvalue weighted by atomic mass is 35.5. The molecule has 2 N–H and O–H groups in total. The van der Waals surface area contributed by atoms with Gasteiger partial charge in [0.25, 0.3) is 0 Å². The number of benzene rings is 2. The van der Waals surface area contributed by atoms with Gasteiger partial charge in [0.05, 0.1) is 11.4 Å². The van der Waals surface area contributed by atoms with Gasteiger partial charge in [0.2, 0.25) is 11.9 Å². The summed E-state index contributed by atoms with van der Waals surface area (Å²) >= 11 is 5.84. The van der Waals surface area contributed by atoms with E-state index in [0.717, 1.165) is 35.1 Å². The summed E-state index contributed by atoms with van der Waals surface area (Å²) in [6.45, 7) is 3.33. The van der Waals surface area contributed by atoms with Crippen molar-refractivity contribution in [1.82, 2.24) is 39.5 Å². The van der Waals surface area contributed by atoms with Gasteiger partial charge in [-0.05, 0) is 62.6 Å². The minimum absolute atomic E-state index is 0. The van der Waals surface area contributed by atoms with Gasteiger partial charge < -0.3 is 15.5 Å². The summed E-state index contributed by atoms with van der Waals surface area (Å²) in [6, 6.07) is 27.8. The van der Waals surface area contributed by atoms with Crippen LogP contribution < -0.4 is 15.5 Å². The van der Waals surface area contributed by atoms with Crippen LogP contribution in [0.25, 0.3) is 11.4 Å². The smallest absolute Gasteiger partial charge is 0.246 e. The molecule has 1 atom stereocenters. The molecule has 0 saturated carbocycles. The van der Waals surface area contributed by atoms with Crippen molar-refractivity contribution in [2.24, 2.45) is 0 Å². The monoisotopic (exact) mass is 621 g/mol. The number of pyridine rings is 2. The van der Waals surface area contributed by atoms with Gasteiger partial charge in [0.15, 0.2) is 0 Å². The molecule has 0 aliphatic carbocycles. The molecule has 5 heterocycles. The standard InChI is InChI=1S/C19H22N6.C13H10ClN5.CH4/c1-15-7-5-6-12-24(15)18-13-17(10-11-20-18)25-14-21-19(23-25)22-16-8-3-2-4-9-16;14-12-8-11(6-7-15-12)19-9-16-13(18-19)17-10-4-2-1-3-5-10;/h2-4,8-11,13-15H,5-7,12H2,1H3,(H,22,23);1-9H,(H,17,18);1H4. The number of halogens is 1. The molecule has 2 aromatic carbocycles. The molecule has 6 aromatic rings. The fraction of sp³-hybridized carbons (Fsp3) is 0.212. The zero-order valence-electron chi connectivity index (χ0n) is 24.2. The van der Waals surface area contributed by atoms with Crippen LogP contribution in [0.2, 0.25) is 5.15 Å².